The van der Waals surface area contributed by atoms with E-state index in [0.717, 1.165) is 89.9 Å². The first-order valence-corrected chi connectivity index (χ1v) is 30.8. The number of rotatable bonds is 52. The van der Waals surface area contributed by atoms with E-state index >= 15 is 0 Å². The van der Waals surface area contributed by atoms with Gasteiger partial charge < -0.3 is 19.8 Å². The fraction of sp³-hybridized carbons (Fsp3) is 0.698. The molecule has 0 saturated carbocycles. The maximum atomic E-state index is 12.9. The van der Waals surface area contributed by atoms with Crippen molar-refractivity contribution in [2.24, 2.45) is 0 Å². The van der Waals surface area contributed by atoms with Gasteiger partial charge >= 0.3 is 7.82 Å². The lowest BCUT2D eigenvalue weighted by Gasteiger charge is -2.25. The van der Waals surface area contributed by atoms with Crippen LogP contribution in [0.1, 0.15) is 232 Å². The average Bonchev–Trinajstić information content (AvgIpc) is 3.34. The van der Waals surface area contributed by atoms with Crippen molar-refractivity contribution >= 4 is 13.7 Å². The molecule has 0 heterocycles. The molecule has 0 saturated heterocycles. The third kappa shape index (κ3) is 54.9. The number of allylic oxidation sites excluding steroid dienone is 17. The van der Waals surface area contributed by atoms with Crippen LogP contribution in [0.25, 0.3) is 0 Å². The second kappa shape index (κ2) is 53.0. The molecule has 0 spiro atoms. The zero-order chi connectivity index (χ0) is 52.7. The molecule has 3 atom stereocenters. The number of nitrogens with zero attached hydrogens (tertiary/aromatic N) is 1. The number of aliphatic hydroxyl groups excluding tert-OH is 1. The van der Waals surface area contributed by atoms with Gasteiger partial charge in [-0.1, -0.05) is 245 Å². The van der Waals surface area contributed by atoms with E-state index in [2.05, 4.69) is 116 Å². The molecule has 414 valence electrons. The first kappa shape index (κ1) is 69.2. The Morgan fingerprint density at radius 3 is 1.26 bits per heavy atom. The van der Waals surface area contributed by atoms with Crippen molar-refractivity contribution in [3.8, 4) is 0 Å². The smallest absolute Gasteiger partial charge is 0.387 e. The van der Waals surface area contributed by atoms with E-state index in [1.54, 1.807) is 6.08 Å². The van der Waals surface area contributed by atoms with Crippen LogP contribution in [0.3, 0.4) is 0 Å². The fourth-order valence-corrected chi connectivity index (χ4v) is 8.64. The van der Waals surface area contributed by atoms with Gasteiger partial charge in [-0.25, -0.2) is 4.57 Å². The predicted octanol–water partition coefficient (Wildman–Crippen LogP) is 18.0. The van der Waals surface area contributed by atoms with Crippen molar-refractivity contribution < 1.29 is 32.9 Å². The highest BCUT2D eigenvalue weighted by atomic mass is 31.2. The Morgan fingerprint density at radius 1 is 0.486 bits per heavy atom. The zero-order valence-electron chi connectivity index (χ0n) is 47.1. The first-order valence-electron chi connectivity index (χ1n) is 29.3. The first-order chi connectivity index (χ1) is 35.0. The minimum absolute atomic E-state index is 0.0505. The lowest BCUT2D eigenvalue weighted by Crippen LogP contribution is -2.45. The average molecular weight is 1020 g/mol. The molecule has 3 unspecified atom stereocenters. The van der Waals surface area contributed by atoms with Crippen molar-refractivity contribution in [3.05, 3.63) is 109 Å². The summed E-state index contributed by atoms with van der Waals surface area (Å²) in [4.78, 5) is 23.2. The van der Waals surface area contributed by atoms with E-state index in [1.165, 1.54) is 122 Å². The molecule has 0 aromatic heterocycles. The number of quaternary nitrogens is 1. The van der Waals surface area contributed by atoms with Crippen molar-refractivity contribution in [3.63, 3.8) is 0 Å². The summed E-state index contributed by atoms with van der Waals surface area (Å²) in [5.41, 5.74) is 0. The number of unbranched alkanes of at least 4 members (excludes halogenated alkanes) is 23. The molecule has 1 amide bonds. The minimum Gasteiger partial charge on any atom is -0.387 e. The SMILES string of the molecule is CC/C=C\C/C=C\C/C=C\C/C=C\C/C=C\C/C=C\CCCCCCCCCCCCCCCCCCCCCCC(=O)NC(COP(=O)(O)OCC[N+](C)(C)C)C(O)/C=C/CC/C=C/CC/C=C/CCC. The summed E-state index contributed by atoms with van der Waals surface area (Å²) >= 11 is 0. The Bertz CT molecular complexity index is 1540. The fourth-order valence-electron chi connectivity index (χ4n) is 7.91. The molecule has 0 aromatic rings. The van der Waals surface area contributed by atoms with Crippen LogP contribution in [-0.4, -0.2) is 73.4 Å². The van der Waals surface area contributed by atoms with E-state index in [9.17, 15) is 19.4 Å². The minimum atomic E-state index is -4.36. The number of amides is 1. The normalized spacial score (nSPS) is 14.7. The van der Waals surface area contributed by atoms with Crippen LogP contribution >= 0.6 is 7.82 Å². The number of carbonyl (C=O) groups excluding carboxylic acids is 1. The van der Waals surface area contributed by atoms with Crippen LogP contribution in [0.5, 0.6) is 0 Å². The van der Waals surface area contributed by atoms with Crippen molar-refractivity contribution in [1.29, 1.82) is 0 Å². The number of phosphoric ester groups is 1. The largest absolute Gasteiger partial charge is 0.472 e. The monoisotopic (exact) mass is 1020 g/mol. The lowest BCUT2D eigenvalue weighted by molar-refractivity contribution is -0.870. The summed E-state index contributed by atoms with van der Waals surface area (Å²) in [6.45, 7) is 4.59. The molecule has 3 N–H and O–H groups in total. The molecule has 0 fully saturated rings. The van der Waals surface area contributed by atoms with Gasteiger partial charge in [-0.3, -0.25) is 13.8 Å². The van der Waals surface area contributed by atoms with Crippen LogP contribution < -0.4 is 5.32 Å². The van der Waals surface area contributed by atoms with E-state index in [-0.39, 0.29) is 19.1 Å². The molecule has 9 heteroatoms. The molecule has 0 aromatic carbocycles. The molecule has 0 aliphatic carbocycles. The molecule has 0 rings (SSSR count). The lowest BCUT2D eigenvalue weighted by atomic mass is 10.0. The van der Waals surface area contributed by atoms with Gasteiger partial charge in [0.1, 0.15) is 13.2 Å². The molecular formula is C63H112N2O6P+. The van der Waals surface area contributed by atoms with Crippen LogP contribution in [-0.2, 0) is 18.4 Å². The van der Waals surface area contributed by atoms with E-state index < -0.39 is 20.0 Å². The molecule has 72 heavy (non-hydrogen) atoms. The number of carbonyl (C=O) groups is 1. The predicted molar refractivity (Wildman–Crippen MR) is 313 cm³/mol. The third-order valence-electron chi connectivity index (χ3n) is 12.4. The van der Waals surface area contributed by atoms with Gasteiger partial charge in [0.15, 0.2) is 0 Å². The summed E-state index contributed by atoms with van der Waals surface area (Å²) in [5, 5.41) is 13.8. The van der Waals surface area contributed by atoms with Crippen LogP contribution in [0.4, 0.5) is 0 Å². The number of phosphoric acid groups is 1. The molecule has 0 bridgehead atoms. The maximum Gasteiger partial charge on any atom is 0.472 e. The topological polar surface area (TPSA) is 105 Å². The van der Waals surface area contributed by atoms with Crippen molar-refractivity contribution in [1.82, 2.24) is 5.32 Å². The van der Waals surface area contributed by atoms with Gasteiger partial charge in [-0.2, -0.15) is 0 Å². The number of hydrogen-bond acceptors (Lipinski definition) is 5. The second-order valence-electron chi connectivity index (χ2n) is 20.6. The van der Waals surface area contributed by atoms with E-state index in [4.69, 9.17) is 9.05 Å². The Morgan fingerprint density at radius 2 is 0.847 bits per heavy atom. The summed E-state index contributed by atoms with van der Waals surface area (Å²) < 4.78 is 23.6. The van der Waals surface area contributed by atoms with Gasteiger partial charge in [0, 0.05) is 6.42 Å². The van der Waals surface area contributed by atoms with Crippen LogP contribution in [0.2, 0.25) is 0 Å². The highest BCUT2D eigenvalue weighted by Crippen LogP contribution is 2.43. The maximum absolute atomic E-state index is 12.9. The Labute approximate surface area is 444 Å². The van der Waals surface area contributed by atoms with Gasteiger partial charge in [0.05, 0.1) is 39.9 Å². The van der Waals surface area contributed by atoms with Gasteiger partial charge in [0.2, 0.25) is 5.91 Å². The summed E-state index contributed by atoms with van der Waals surface area (Å²) in [6.07, 6.45) is 78.0. The van der Waals surface area contributed by atoms with Gasteiger partial charge in [-0.15, -0.1) is 0 Å². The summed E-state index contributed by atoms with van der Waals surface area (Å²) in [5.74, 6) is -0.194. The molecular weight excluding hydrogens is 912 g/mol. The molecule has 8 nitrogen and oxygen atoms in total. The third-order valence-corrected chi connectivity index (χ3v) is 13.4. The number of aliphatic hydroxyl groups is 1. The van der Waals surface area contributed by atoms with E-state index in [1.807, 2.05) is 27.2 Å². The Hall–Kier alpha value is -2.84. The number of likely N-dealkylation sites (N-methyl/N-ethyl adjacent to an activating group) is 1. The van der Waals surface area contributed by atoms with Crippen molar-refractivity contribution in [2.45, 2.75) is 244 Å². The molecule has 0 aliphatic rings. The second-order valence-corrected chi connectivity index (χ2v) is 22.1. The zero-order valence-corrected chi connectivity index (χ0v) is 48.0. The summed E-state index contributed by atoms with van der Waals surface area (Å²) in [6, 6.07) is -0.872. The van der Waals surface area contributed by atoms with Gasteiger partial charge in [-0.05, 0) is 89.9 Å². The van der Waals surface area contributed by atoms with E-state index in [0.29, 0.717) is 17.4 Å². The highest BCUT2D eigenvalue weighted by Gasteiger charge is 2.27. The quantitative estimate of drug-likeness (QED) is 0.0243. The number of hydrogen-bond donors (Lipinski definition) is 3. The van der Waals surface area contributed by atoms with Crippen LogP contribution in [0, 0.1) is 0 Å². The summed E-state index contributed by atoms with van der Waals surface area (Å²) in [7, 11) is 1.54. The molecule has 0 radical (unpaired) electrons. The standard InChI is InChI=1S/C63H111N2O6P/c1-6-8-10-12-14-16-18-19-20-21-22-23-24-25-26-27-28-29-30-31-32-33-34-35-36-37-38-39-40-41-42-43-44-45-47-49-51-53-55-57-63(67)64-61(60-71-72(68,69)70-59-58-65(3,4)5)62(66)56-54-52-50-48-46-17-15-13-11-9-7-2/h8,10-11,13-14,16,19-20,22-23,25-26,28-29,46,48,54,56,61-62,66H,6-7,9,12,15,17-18,21,24,27,30-45,47,49-53,55,57-60H2,1-5H3,(H-,64,67,68,69)/p+1/b10-8-,13-11+,16-14-,20-19-,23-22-,26-25-,29-28-,48-46+,56-54+. The number of nitrogens with one attached hydrogen (secondary N) is 1. The highest BCUT2D eigenvalue weighted by molar-refractivity contribution is 7.47. The van der Waals surface area contributed by atoms with Gasteiger partial charge in [0.25, 0.3) is 0 Å². The Kier molecular flexibility index (Phi) is 50.9. The van der Waals surface area contributed by atoms with Crippen molar-refractivity contribution in [2.75, 3.05) is 40.9 Å². The molecule has 0 aliphatic heterocycles. The van der Waals surface area contributed by atoms with Crippen LogP contribution in [0.15, 0.2) is 109 Å². The Balaban J connectivity index is 3.93.